The van der Waals surface area contributed by atoms with Crippen LogP contribution in [-0.2, 0) is 0 Å². The molecule has 0 aromatic heterocycles. The molecule has 2 aromatic rings. The van der Waals surface area contributed by atoms with Crippen LogP contribution in [0.1, 0.15) is 26.3 Å². The van der Waals surface area contributed by atoms with Crippen molar-refractivity contribution in [3.05, 3.63) is 57.6 Å². The van der Waals surface area contributed by atoms with Gasteiger partial charge in [0.25, 0.3) is 5.91 Å². The fourth-order valence-electron chi connectivity index (χ4n) is 1.80. The number of hydrogen-bond acceptors (Lipinski definition) is 3. The van der Waals surface area contributed by atoms with Crippen molar-refractivity contribution >= 4 is 33.5 Å². The SMILES string of the molecule is Cc1ccc(Br)c(C(=O)Nc2ccc(C(=O)O)c(O)c2)c1. The topological polar surface area (TPSA) is 86.6 Å². The summed E-state index contributed by atoms with van der Waals surface area (Å²) in [4.78, 5) is 23.0. The lowest BCUT2D eigenvalue weighted by Crippen LogP contribution is -2.13. The molecule has 21 heavy (non-hydrogen) atoms. The molecule has 0 saturated carbocycles. The zero-order valence-corrected chi connectivity index (χ0v) is 12.6. The minimum Gasteiger partial charge on any atom is -0.507 e. The van der Waals surface area contributed by atoms with E-state index in [0.717, 1.165) is 5.56 Å². The molecule has 6 heteroatoms. The van der Waals surface area contributed by atoms with Crippen molar-refractivity contribution in [1.29, 1.82) is 0 Å². The van der Waals surface area contributed by atoms with Gasteiger partial charge < -0.3 is 15.5 Å². The molecular weight excluding hydrogens is 338 g/mol. The van der Waals surface area contributed by atoms with Gasteiger partial charge >= 0.3 is 5.97 Å². The summed E-state index contributed by atoms with van der Waals surface area (Å²) in [5.74, 6) is -1.98. The van der Waals surface area contributed by atoms with Gasteiger partial charge in [0.15, 0.2) is 0 Å². The second-order valence-electron chi connectivity index (χ2n) is 4.47. The van der Waals surface area contributed by atoms with Gasteiger partial charge in [-0.1, -0.05) is 11.6 Å². The Labute approximate surface area is 129 Å². The first-order chi connectivity index (χ1) is 9.88. The molecule has 0 heterocycles. The fraction of sp³-hybridized carbons (Fsp3) is 0.0667. The lowest BCUT2D eigenvalue weighted by Gasteiger charge is -2.09. The van der Waals surface area contributed by atoms with Crippen molar-refractivity contribution in [1.82, 2.24) is 0 Å². The summed E-state index contributed by atoms with van der Waals surface area (Å²) >= 11 is 3.30. The zero-order valence-electron chi connectivity index (χ0n) is 11.1. The molecule has 1 amide bonds. The molecule has 0 radical (unpaired) electrons. The van der Waals surface area contributed by atoms with E-state index in [0.29, 0.717) is 15.7 Å². The molecule has 5 nitrogen and oxygen atoms in total. The Bertz CT molecular complexity index is 728. The highest BCUT2D eigenvalue weighted by Gasteiger charge is 2.13. The van der Waals surface area contributed by atoms with Crippen LogP contribution in [0.4, 0.5) is 5.69 Å². The predicted octanol–water partition coefficient (Wildman–Crippen LogP) is 3.41. The summed E-state index contributed by atoms with van der Waals surface area (Å²) in [6, 6.07) is 9.23. The fourth-order valence-corrected chi connectivity index (χ4v) is 2.23. The van der Waals surface area contributed by atoms with Crippen molar-refractivity contribution in [2.45, 2.75) is 6.92 Å². The number of carboxylic acids is 1. The summed E-state index contributed by atoms with van der Waals surface area (Å²) < 4.78 is 0.650. The number of halogens is 1. The standard InChI is InChI=1S/C15H12BrNO4/c1-8-2-5-12(16)11(6-8)14(19)17-9-3-4-10(15(20)21)13(18)7-9/h2-7,18H,1H3,(H,17,19)(H,20,21). The summed E-state index contributed by atoms with van der Waals surface area (Å²) in [6.07, 6.45) is 0. The minimum absolute atomic E-state index is 0.218. The molecule has 0 fully saturated rings. The van der Waals surface area contributed by atoms with E-state index in [1.807, 2.05) is 13.0 Å². The van der Waals surface area contributed by atoms with E-state index < -0.39 is 11.7 Å². The molecule has 108 valence electrons. The Kier molecular flexibility index (Phi) is 4.28. The number of aromatic hydroxyl groups is 1. The third-order valence-electron chi connectivity index (χ3n) is 2.85. The van der Waals surface area contributed by atoms with Crippen LogP contribution in [0.15, 0.2) is 40.9 Å². The second kappa shape index (κ2) is 5.97. The van der Waals surface area contributed by atoms with Crippen LogP contribution in [-0.4, -0.2) is 22.1 Å². The van der Waals surface area contributed by atoms with Crippen molar-refractivity contribution in [3.8, 4) is 5.75 Å². The number of amides is 1. The first-order valence-electron chi connectivity index (χ1n) is 6.02. The van der Waals surface area contributed by atoms with E-state index in [4.69, 9.17) is 5.11 Å². The molecule has 0 aliphatic heterocycles. The van der Waals surface area contributed by atoms with E-state index in [9.17, 15) is 14.7 Å². The molecule has 0 saturated heterocycles. The molecule has 0 aliphatic carbocycles. The number of carbonyl (C=O) groups is 2. The molecule has 2 aromatic carbocycles. The van der Waals surface area contributed by atoms with Gasteiger partial charge in [-0.05, 0) is 47.1 Å². The van der Waals surface area contributed by atoms with Crippen LogP contribution in [0.3, 0.4) is 0 Å². The Balaban J connectivity index is 2.26. The van der Waals surface area contributed by atoms with Crippen LogP contribution in [0, 0.1) is 6.92 Å². The number of phenols is 1. The molecule has 0 spiro atoms. The van der Waals surface area contributed by atoms with Crippen molar-refractivity contribution in [2.24, 2.45) is 0 Å². The molecule has 0 bridgehead atoms. The van der Waals surface area contributed by atoms with Gasteiger partial charge in [-0.15, -0.1) is 0 Å². The summed E-state index contributed by atoms with van der Waals surface area (Å²) in [5, 5.41) is 21.0. The zero-order chi connectivity index (χ0) is 15.6. The number of hydrogen-bond donors (Lipinski definition) is 3. The largest absolute Gasteiger partial charge is 0.507 e. The molecule has 0 atom stereocenters. The number of carbonyl (C=O) groups excluding carboxylic acids is 1. The number of nitrogens with one attached hydrogen (secondary N) is 1. The first kappa shape index (κ1) is 15.1. The highest BCUT2D eigenvalue weighted by molar-refractivity contribution is 9.10. The second-order valence-corrected chi connectivity index (χ2v) is 5.33. The highest BCUT2D eigenvalue weighted by atomic mass is 79.9. The molecular formula is C15H12BrNO4. The summed E-state index contributed by atoms with van der Waals surface area (Å²) in [6.45, 7) is 1.87. The number of rotatable bonds is 3. The third-order valence-corrected chi connectivity index (χ3v) is 3.54. The van der Waals surface area contributed by atoms with Crippen LogP contribution < -0.4 is 5.32 Å². The average molecular weight is 350 g/mol. The number of aryl methyl sites for hydroxylation is 1. The maximum Gasteiger partial charge on any atom is 0.339 e. The van der Waals surface area contributed by atoms with E-state index >= 15 is 0 Å². The van der Waals surface area contributed by atoms with Crippen LogP contribution in [0.5, 0.6) is 5.75 Å². The van der Waals surface area contributed by atoms with Crippen LogP contribution in [0.2, 0.25) is 0 Å². The normalized spacial score (nSPS) is 10.2. The maximum atomic E-state index is 12.2. The smallest absolute Gasteiger partial charge is 0.339 e. The predicted molar refractivity (Wildman–Crippen MR) is 81.9 cm³/mol. The Morgan fingerprint density at radius 1 is 1.10 bits per heavy atom. The molecule has 2 rings (SSSR count). The van der Waals surface area contributed by atoms with Crippen molar-refractivity contribution in [3.63, 3.8) is 0 Å². The minimum atomic E-state index is -1.23. The van der Waals surface area contributed by atoms with Gasteiger partial charge in [-0.2, -0.15) is 0 Å². The Morgan fingerprint density at radius 2 is 1.81 bits per heavy atom. The number of benzene rings is 2. The Hall–Kier alpha value is -2.34. The van der Waals surface area contributed by atoms with Gasteiger partial charge in [-0.3, -0.25) is 4.79 Å². The lowest BCUT2D eigenvalue weighted by molar-refractivity contribution is 0.0693. The first-order valence-corrected chi connectivity index (χ1v) is 6.81. The maximum absolute atomic E-state index is 12.2. The summed E-state index contributed by atoms with van der Waals surface area (Å²) in [7, 11) is 0. The molecule has 0 aliphatic rings. The average Bonchev–Trinajstić information content (AvgIpc) is 2.41. The van der Waals surface area contributed by atoms with Crippen molar-refractivity contribution in [2.75, 3.05) is 5.32 Å². The Morgan fingerprint density at radius 3 is 2.43 bits per heavy atom. The van der Waals surface area contributed by atoms with E-state index in [1.165, 1.54) is 18.2 Å². The third kappa shape index (κ3) is 3.41. The van der Waals surface area contributed by atoms with Gasteiger partial charge in [0, 0.05) is 16.2 Å². The number of aromatic carboxylic acids is 1. The highest BCUT2D eigenvalue weighted by Crippen LogP contribution is 2.24. The van der Waals surface area contributed by atoms with Gasteiger partial charge in [0.1, 0.15) is 11.3 Å². The number of anilines is 1. The van der Waals surface area contributed by atoms with E-state index in [1.54, 1.807) is 12.1 Å². The molecule has 3 N–H and O–H groups in total. The summed E-state index contributed by atoms with van der Waals surface area (Å²) in [5.41, 5.74) is 1.49. The van der Waals surface area contributed by atoms with Gasteiger partial charge in [0.05, 0.1) is 5.56 Å². The van der Waals surface area contributed by atoms with E-state index in [2.05, 4.69) is 21.2 Å². The monoisotopic (exact) mass is 349 g/mol. The quantitative estimate of drug-likeness (QED) is 0.792. The van der Waals surface area contributed by atoms with E-state index in [-0.39, 0.29) is 11.5 Å². The molecule has 0 unspecified atom stereocenters. The van der Waals surface area contributed by atoms with Crippen molar-refractivity contribution < 1.29 is 19.8 Å². The van der Waals surface area contributed by atoms with Gasteiger partial charge in [-0.25, -0.2) is 4.79 Å². The lowest BCUT2D eigenvalue weighted by atomic mass is 10.1. The number of carboxylic acid groups (broad SMARTS) is 1. The van der Waals surface area contributed by atoms with Crippen LogP contribution >= 0.6 is 15.9 Å². The van der Waals surface area contributed by atoms with Crippen LogP contribution in [0.25, 0.3) is 0 Å². The van der Waals surface area contributed by atoms with Gasteiger partial charge in [0.2, 0.25) is 0 Å².